The molecule has 5 unspecified atom stereocenters. The van der Waals surface area contributed by atoms with Crippen molar-refractivity contribution in [3.63, 3.8) is 0 Å². The summed E-state index contributed by atoms with van der Waals surface area (Å²) in [6.45, 7) is 10.5. The molecule has 5 rings (SSSR count). The molecule has 1 aromatic rings. The van der Waals surface area contributed by atoms with Crippen molar-refractivity contribution in [3.8, 4) is 0 Å². The van der Waals surface area contributed by atoms with E-state index in [0.29, 0.717) is 36.6 Å². The van der Waals surface area contributed by atoms with Crippen LogP contribution in [0.4, 0.5) is 0 Å². The summed E-state index contributed by atoms with van der Waals surface area (Å²) in [6, 6.07) is 10.4. The maximum absolute atomic E-state index is 13.2. The average Bonchev–Trinajstić information content (AvgIpc) is 3.01. The maximum atomic E-state index is 13.2. The maximum Gasteiger partial charge on any atom is 0.494 e. The fraction of sp³-hybridized carbons (Fsp3) is 0.676. The van der Waals surface area contributed by atoms with E-state index in [2.05, 4.69) is 37.4 Å². The molecule has 1 N–H and O–H groups in total. The van der Waals surface area contributed by atoms with Crippen LogP contribution in [0.2, 0.25) is 0 Å². The molecule has 7 atom stereocenters. The lowest BCUT2D eigenvalue weighted by molar-refractivity contribution is -0.164. The molecule has 0 spiro atoms. The molecule has 44 heavy (non-hydrogen) atoms. The summed E-state index contributed by atoms with van der Waals surface area (Å²) in [7, 11) is -0.484. The molecule has 0 bridgehead atoms. The van der Waals surface area contributed by atoms with Gasteiger partial charge in [0.15, 0.2) is 0 Å². The predicted octanol–water partition coefficient (Wildman–Crippen LogP) is 6.93. The Hall–Kier alpha value is -2.38. The molecule has 1 aliphatic heterocycles. The van der Waals surface area contributed by atoms with Crippen LogP contribution in [-0.4, -0.2) is 43.3 Å². The highest BCUT2D eigenvalue weighted by atomic mass is 16.6. The minimum absolute atomic E-state index is 0.0190. The molecule has 1 saturated carbocycles. The van der Waals surface area contributed by atoms with Crippen LogP contribution in [-0.2, 0) is 23.6 Å². The van der Waals surface area contributed by atoms with Gasteiger partial charge < -0.3 is 19.4 Å². The van der Waals surface area contributed by atoms with Gasteiger partial charge in [0.2, 0.25) is 5.91 Å². The lowest BCUT2D eigenvalue weighted by Crippen LogP contribution is -2.50. The van der Waals surface area contributed by atoms with Crippen LogP contribution in [0.1, 0.15) is 105 Å². The van der Waals surface area contributed by atoms with E-state index in [0.717, 1.165) is 44.0 Å². The Morgan fingerprint density at radius 3 is 2.45 bits per heavy atom. The molecule has 3 aliphatic carbocycles. The molecule has 0 aromatic heterocycles. The highest BCUT2D eigenvalue weighted by Crippen LogP contribution is 2.45. The molecule has 1 amide bonds. The largest absolute Gasteiger partial charge is 0.494 e. The first kappa shape index (κ1) is 33.0. The van der Waals surface area contributed by atoms with Crippen molar-refractivity contribution in [2.45, 2.75) is 130 Å². The number of allylic oxidation sites excluding steroid dienone is 3. The molecule has 1 saturated heterocycles. The molecule has 2 fully saturated rings. The molecule has 0 radical (unpaired) electrons. The van der Waals surface area contributed by atoms with Crippen molar-refractivity contribution < 1.29 is 23.6 Å². The summed E-state index contributed by atoms with van der Waals surface area (Å²) in [6.07, 6.45) is 17.0. The van der Waals surface area contributed by atoms with Crippen LogP contribution in [0.15, 0.2) is 54.1 Å². The third-order valence-corrected chi connectivity index (χ3v) is 10.7. The van der Waals surface area contributed by atoms with Crippen LogP contribution in [0.5, 0.6) is 0 Å². The zero-order chi connectivity index (χ0) is 31.3. The standard InChI is InChI=1S/C37H54BNO5/c1-6-37(4,5)36(41)42-33-22-25(2)21-27-18-17-26(3)32(35(27)33)20-19-30-23-31(24-34(40)39-29-15-11-8-12-16-29)44-38(43-30)28-13-9-7-10-14-28/h7,9-10,13-14,17-18,21,25-26,29-33,35H,6,8,11-12,15-16,19-20,22-24H2,1-5H3,(H,39,40)/t25?,26?,30-,31-,32?,33?,35?/m1/s1. The first-order valence-electron chi connectivity index (χ1n) is 17.4. The van der Waals surface area contributed by atoms with Gasteiger partial charge in [0.1, 0.15) is 6.10 Å². The highest BCUT2D eigenvalue weighted by Gasteiger charge is 2.44. The fourth-order valence-corrected chi connectivity index (χ4v) is 7.65. The number of ether oxygens (including phenoxy) is 1. The van der Waals surface area contributed by atoms with Crippen molar-refractivity contribution >= 4 is 24.5 Å². The normalized spacial score (nSPS) is 31.2. The van der Waals surface area contributed by atoms with Gasteiger partial charge in [-0.1, -0.05) is 88.6 Å². The van der Waals surface area contributed by atoms with Gasteiger partial charge in [-0.05, 0) is 87.6 Å². The van der Waals surface area contributed by atoms with Crippen molar-refractivity contribution in [1.29, 1.82) is 0 Å². The van der Waals surface area contributed by atoms with E-state index < -0.39 is 12.5 Å². The monoisotopic (exact) mass is 603 g/mol. The topological polar surface area (TPSA) is 73.9 Å². The summed E-state index contributed by atoms with van der Waals surface area (Å²) in [5, 5.41) is 3.28. The lowest BCUT2D eigenvalue weighted by Gasteiger charge is -2.44. The number of fused-ring (bicyclic) bond motifs is 1. The Balaban J connectivity index is 1.28. The van der Waals surface area contributed by atoms with E-state index in [1.165, 1.54) is 24.8 Å². The molecule has 1 aromatic carbocycles. The van der Waals surface area contributed by atoms with Gasteiger partial charge in [-0.15, -0.1) is 0 Å². The number of hydrogen-bond donors (Lipinski definition) is 1. The Morgan fingerprint density at radius 1 is 1.00 bits per heavy atom. The highest BCUT2D eigenvalue weighted by molar-refractivity contribution is 6.61. The number of hydrogen-bond acceptors (Lipinski definition) is 5. The summed E-state index contributed by atoms with van der Waals surface area (Å²) in [5.41, 5.74) is 1.81. The summed E-state index contributed by atoms with van der Waals surface area (Å²) in [5.74, 6) is 1.26. The fourth-order valence-electron chi connectivity index (χ4n) is 7.65. The zero-order valence-electron chi connectivity index (χ0n) is 27.6. The number of amides is 1. The van der Waals surface area contributed by atoms with E-state index in [1.807, 2.05) is 51.1 Å². The van der Waals surface area contributed by atoms with Crippen LogP contribution < -0.4 is 10.8 Å². The molecular formula is C37H54BNO5. The summed E-state index contributed by atoms with van der Waals surface area (Å²) in [4.78, 5) is 26.3. The number of rotatable bonds is 10. The van der Waals surface area contributed by atoms with Gasteiger partial charge in [-0.3, -0.25) is 9.59 Å². The second kappa shape index (κ2) is 14.8. The number of nitrogens with one attached hydrogen (secondary N) is 1. The van der Waals surface area contributed by atoms with Crippen LogP contribution in [0, 0.1) is 29.1 Å². The van der Waals surface area contributed by atoms with E-state index in [9.17, 15) is 9.59 Å². The molecular weight excluding hydrogens is 549 g/mol. The smallest absolute Gasteiger partial charge is 0.461 e. The van der Waals surface area contributed by atoms with Gasteiger partial charge in [0.05, 0.1) is 17.9 Å². The van der Waals surface area contributed by atoms with Crippen LogP contribution >= 0.6 is 0 Å². The van der Waals surface area contributed by atoms with Crippen LogP contribution in [0.25, 0.3) is 0 Å². The van der Waals surface area contributed by atoms with Gasteiger partial charge in [0.25, 0.3) is 0 Å². The van der Waals surface area contributed by atoms with E-state index >= 15 is 0 Å². The van der Waals surface area contributed by atoms with E-state index in [-0.39, 0.29) is 36.1 Å². The Morgan fingerprint density at radius 2 is 1.73 bits per heavy atom. The minimum atomic E-state index is -0.489. The van der Waals surface area contributed by atoms with Gasteiger partial charge in [0, 0.05) is 18.1 Å². The zero-order valence-corrected chi connectivity index (χ0v) is 27.6. The van der Waals surface area contributed by atoms with Crippen molar-refractivity contribution in [1.82, 2.24) is 5.32 Å². The average molecular weight is 604 g/mol. The van der Waals surface area contributed by atoms with Crippen molar-refractivity contribution in [3.05, 3.63) is 54.1 Å². The lowest BCUT2D eigenvalue weighted by atomic mass is 9.65. The Kier molecular flexibility index (Phi) is 11.1. The Bertz CT molecular complexity index is 1180. The summed E-state index contributed by atoms with van der Waals surface area (Å²) >= 11 is 0. The molecule has 4 aliphatic rings. The number of carbonyl (C=O) groups excluding carboxylic acids is 2. The number of esters is 1. The van der Waals surface area contributed by atoms with Crippen LogP contribution in [0.3, 0.4) is 0 Å². The van der Waals surface area contributed by atoms with Crippen molar-refractivity contribution in [2.75, 3.05) is 0 Å². The molecule has 1 heterocycles. The molecule has 240 valence electrons. The number of carbonyl (C=O) groups is 2. The second-order valence-corrected chi connectivity index (χ2v) is 14.6. The van der Waals surface area contributed by atoms with Gasteiger partial charge in [-0.25, -0.2) is 0 Å². The molecule has 7 heteroatoms. The summed E-state index contributed by atoms with van der Waals surface area (Å²) < 4.78 is 19.4. The third kappa shape index (κ3) is 8.25. The first-order chi connectivity index (χ1) is 21.1. The van der Waals surface area contributed by atoms with Gasteiger partial charge >= 0.3 is 13.1 Å². The van der Waals surface area contributed by atoms with E-state index in [1.54, 1.807) is 0 Å². The quantitative estimate of drug-likeness (QED) is 0.232. The van der Waals surface area contributed by atoms with Gasteiger partial charge in [-0.2, -0.15) is 0 Å². The SMILES string of the molecule is CCC(C)(C)C(=O)OC1CC(C)C=C2C=CC(C)C(CC[C@@H]3C[C@H](CC(=O)NC4CCCCC4)OB(c4ccccc4)O3)C21. The second-order valence-electron chi connectivity index (χ2n) is 14.6. The Labute approximate surface area is 265 Å². The van der Waals surface area contributed by atoms with E-state index in [4.69, 9.17) is 14.0 Å². The van der Waals surface area contributed by atoms with Crippen molar-refractivity contribution in [2.24, 2.45) is 29.1 Å². The predicted molar refractivity (Wildman–Crippen MR) is 176 cm³/mol. The first-order valence-corrected chi connectivity index (χ1v) is 17.4. The minimum Gasteiger partial charge on any atom is -0.461 e. The third-order valence-electron chi connectivity index (χ3n) is 10.7. The number of benzene rings is 1. The molecule has 6 nitrogen and oxygen atoms in total.